The molecule has 0 radical (unpaired) electrons. The number of aromatic nitrogens is 2. The summed E-state index contributed by atoms with van der Waals surface area (Å²) in [5, 5.41) is 17.2. The van der Waals surface area contributed by atoms with Crippen molar-refractivity contribution in [3.8, 4) is 17.2 Å². The highest BCUT2D eigenvalue weighted by atomic mass is 16.5. The average molecular weight is 315 g/mol. The molecule has 7 nitrogen and oxygen atoms in total. The maximum Gasteiger partial charge on any atom is 0.276 e. The van der Waals surface area contributed by atoms with Crippen molar-refractivity contribution in [3.05, 3.63) is 36.2 Å². The van der Waals surface area contributed by atoms with Gasteiger partial charge < -0.3 is 19.9 Å². The molecule has 1 aromatic heterocycles. The van der Waals surface area contributed by atoms with E-state index >= 15 is 0 Å². The number of fused-ring (bicyclic) bond motifs is 1. The lowest BCUT2D eigenvalue weighted by Crippen LogP contribution is -2.39. The second-order valence-electron chi connectivity index (χ2n) is 6.03. The molecule has 0 unspecified atom stereocenters. The van der Waals surface area contributed by atoms with E-state index in [0.29, 0.717) is 19.1 Å². The molecule has 120 valence electrons. The molecule has 2 heterocycles. The van der Waals surface area contributed by atoms with Gasteiger partial charge in [0, 0.05) is 5.92 Å². The summed E-state index contributed by atoms with van der Waals surface area (Å²) < 4.78 is 11.9. The molecule has 0 spiro atoms. The standard InChI is InChI=1S/C16H17N3O4/c1-22-12-4-2-11(3-5-12)19-7-13(20)14(18-19)15(21)17-16-6-10(16)8-23-9-16/h2-5,7,10,20H,6,8-9H2,1H3,(H,17,21)/t10-,16-/m0/s1. The van der Waals surface area contributed by atoms with Crippen LogP contribution in [0.4, 0.5) is 0 Å². The number of methoxy groups -OCH3 is 1. The number of ether oxygens (including phenoxy) is 2. The predicted octanol–water partition coefficient (Wildman–Crippen LogP) is 1.11. The van der Waals surface area contributed by atoms with Crippen LogP contribution in [0.3, 0.4) is 0 Å². The van der Waals surface area contributed by atoms with Crippen LogP contribution in [0.15, 0.2) is 30.5 Å². The van der Waals surface area contributed by atoms with E-state index < -0.39 is 0 Å². The van der Waals surface area contributed by atoms with Gasteiger partial charge in [0.15, 0.2) is 11.4 Å². The van der Waals surface area contributed by atoms with E-state index in [2.05, 4.69) is 10.4 Å². The Kier molecular flexibility index (Phi) is 3.05. The largest absolute Gasteiger partial charge is 0.504 e. The highest BCUT2D eigenvalue weighted by molar-refractivity contribution is 5.95. The zero-order chi connectivity index (χ0) is 16.0. The number of hydrogen-bond donors (Lipinski definition) is 2. The van der Waals surface area contributed by atoms with Gasteiger partial charge in [-0.1, -0.05) is 0 Å². The summed E-state index contributed by atoms with van der Waals surface area (Å²) in [7, 11) is 1.59. The third-order valence-corrected chi connectivity index (χ3v) is 4.52. The number of benzene rings is 1. The SMILES string of the molecule is COc1ccc(-n2cc(O)c(C(=O)N[C@@]34COC[C@@H]3C4)n2)cc1. The van der Waals surface area contributed by atoms with Crippen molar-refractivity contribution in [1.82, 2.24) is 15.1 Å². The Hall–Kier alpha value is -2.54. The van der Waals surface area contributed by atoms with Gasteiger partial charge in [-0.2, -0.15) is 5.10 Å². The Morgan fingerprint density at radius 1 is 1.48 bits per heavy atom. The van der Waals surface area contributed by atoms with Gasteiger partial charge in [0.25, 0.3) is 5.91 Å². The summed E-state index contributed by atoms with van der Waals surface area (Å²) in [5.41, 5.74) is 0.493. The quantitative estimate of drug-likeness (QED) is 0.882. The van der Waals surface area contributed by atoms with E-state index in [1.807, 2.05) is 0 Å². The monoisotopic (exact) mass is 315 g/mol. The van der Waals surface area contributed by atoms with Crippen molar-refractivity contribution >= 4 is 5.91 Å². The van der Waals surface area contributed by atoms with E-state index in [-0.39, 0.29) is 22.9 Å². The first kappa shape index (κ1) is 14.1. The first-order valence-corrected chi connectivity index (χ1v) is 7.45. The van der Waals surface area contributed by atoms with Gasteiger partial charge in [-0.25, -0.2) is 4.68 Å². The number of aromatic hydroxyl groups is 1. The molecule has 1 aliphatic heterocycles. The Balaban J connectivity index is 1.55. The fourth-order valence-electron chi connectivity index (χ4n) is 3.03. The van der Waals surface area contributed by atoms with Crippen molar-refractivity contribution in [2.24, 2.45) is 5.92 Å². The zero-order valence-electron chi connectivity index (χ0n) is 12.7. The first-order chi connectivity index (χ1) is 11.1. The van der Waals surface area contributed by atoms with E-state index in [9.17, 15) is 9.90 Å². The van der Waals surface area contributed by atoms with Gasteiger partial charge in [-0.3, -0.25) is 4.79 Å². The van der Waals surface area contributed by atoms with E-state index in [4.69, 9.17) is 9.47 Å². The zero-order valence-corrected chi connectivity index (χ0v) is 12.7. The minimum atomic E-state index is -0.372. The number of nitrogens with one attached hydrogen (secondary N) is 1. The molecule has 2 fully saturated rings. The van der Waals surface area contributed by atoms with Crippen LogP contribution in [0.2, 0.25) is 0 Å². The third-order valence-electron chi connectivity index (χ3n) is 4.52. The fraction of sp³-hybridized carbons (Fsp3) is 0.375. The molecule has 4 rings (SSSR count). The number of hydrogen-bond acceptors (Lipinski definition) is 5. The van der Waals surface area contributed by atoms with Crippen LogP contribution in [-0.4, -0.2) is 46.7 Å². The molecule has 1 amide bonds. The topological polar surface area (TPSA) is 85.6 Å². The maximum absolute atomic E-state index is 12.4. The van der Waals surface area contributed by atoms with E-state index in [0.717, 1.165) is 17.9 Å². The van der Waals surface area contributed by atoms with Crippen LogP contribution >= 0.6 is 0 Å². The lowest BCUT2D eigenvalue weighted by atomic mass is 10.2. The summed E-state index contributed by atoms with van der Waals surface area (Å²) in [6, 6.07) is 7.18. The van der Waals surface area contributed by atoms with Gasteiger partial charge in [0.1, 0.15) is 5.75 Å². The van der Waals surface area contributed by atoms with Crippen molar-refractivity contribution in [2.45, 2.75) is 12.0 Å². The van der Waals surface area contributed by atoms with Crippen LogP contribution in [0, 0.1) is 5.92 Å². The van der Waals surface area contributed by atoms with Crippen LogP contribution in [0.1, 0.15) is 16.9 Å². The summed E-state index contributed by atoms with van der Waals surface area (Å²) in [5.74, 6) is 0.592. The second kappa shape index (κ2) is 4.99. The molecular formula is C16H17N3O4. The van der Waals surface area contributed by atoms with Crippen LogP contribution in [-0.2, 0) is 4.74 Å². The Morgan fingerprint density at radius 2 is 2.26 bits per heavy atom. The molecule has 1 saturated heterocycles. The molecule has 7 heteroatoms. The summed E-state index contributed by atoms with van der Waals surface area (Å²) >= 11 is 0. The number of carbonyl (C=O) groups is 1. The third kappa shape index (κ3) is 2.33. The van der Waals surface area contributed by atoms with Crippen molar-refractivity contribution in [3.63, 3.8) is 0 Å². The summed E-state index contributed by atoms with van der Waals surface area (Å²) in [4.78, 5) is 12.4. The minimum absolute atomic E-state index is 0.0211. The molecular weight excluding hydrogens is 298 g/mol. The fourth-order valence-corrected chi connectivity index (χ4v) is 3.03. The van der Waals surface area contributed by atoms with Gasteiger partial charge in [-0.15, -0.1) is 0 Å². The van der Waals surface area contributed by atoms with Gasteiger partial charge in [0.05, 0.1) is 37.7 Å². The van der Waals surface area contributed by atoms with Crippen molar-refractivity contribution in [1.29, 1.82) is 0 Å². The second-order valence-corrected chi connectivity index (χ2v) is 6.03. The van der Waals surface area contributed by atoms with Crippen molar-refractivity contribution < 1.29 is 19.4 Å². The smallest absolute Gasteiger partial charge is 0.276 e. The molecule has 0 bridgehead atoms. The molecule has 1 aromatic carbocycles. The molecule has 1 saturated carbocycles. The Labute approximate surface area is 132 Å². The molecule has 2 aromatic rings. The predicted molar refractivity (Wildman–Crippen MR) is 80.9 cm³/mol. The number of amides is 1. The molecule has 2 atom stereocenters. The highest BCUT2D eigenvalue weighted by Gasteiger charge is 2.59. The highest BCUT2D eigenvalue weighted by Crippen LogP contribution is 2.48. The summed E-state index contributed by atoms with van der Waals surface area (Å²) in [6.45, 7) is 1.22. The maximum atomic E-state index is 12.4. The molecule has 2 N–H and O–H groups in total. The first-order valence-electron chi connectivity index (χ1n) is 7.45. The lowest BCUT2D eigenvalue weighted by molar-refractivity contribution is 0.0897. The molecule has 1 aliphatic carbocycles. The molecule has 23 heavy (non-hydrogen) atoms. The Morgan fingerprint density at radius 3 is 2.87 bits per heavy atom. The normalized spacial score (nSPS) is 25.0. The van der Waals surface area contributed by atoms with E-state index in [1.54, 1.807) is 31.4 Å². The summed E-state index contributed by atoms with van der Waals surface area (Å²) in [6.07, 6.45) is 2.35. The minimum Gasteiger partial charge on any atom is -0.504 e. The van der Waals surface area contributed by atoms with Crippen LogP contribution in [0.25, 0.3) is 5.69 Å². The van der Waals surface area contributed by atoms with Crippen LogP contribution in [0.5, 0.6) is 11.5 Å². The van der Waals surface area contributed by atoms with Gasteiger partial charge in [0.2, 0.25) is 0 Å². The number of carbonyl (C=O) groups excluding carboxylic acids is 1. The number of nitrogens with zero attached hydrogens (tertiary/aromatic N) is 2. The van der Waals surface area contributed by atoms with Gasteiger partial charge >= 0.3 is 0 Å². The lowest BCUT2D eigenvalue weighted by Gasteiger charge is -2.12. The van der Waals surface area contributed by atoms with Crippen molar-refractivity contribution in [2.75, 3.05) is 20.3 Å². The Bertz CT molecular complexity index is 755. The molecule has 2 aliphatic rings. The average Bonchev–Trinajstić information content (AvgIpc) is 2.90. The van der Waals surface area contributed by atoms with Gasteiger partial charge in [-0.05, 0) is 30.7 Å². The van der Waals surface area contributed by atoms with Crippen LogP contribution < -0.4 is 10.1 Å². The van der Waals surface area contributed by atoms with E-state index in [1.165, 1.54) is 10.9 Å². The number of rotatable bonds is 4.